The molecule has 6 heteroatoms. The molecule has 2 rings (SSSR count). The predicted octanol–water partition coefficient (Wildman–Crippen LogP) is 3.68. The summed E-state index contributed by atoms with van der Waals surface area (Å²) in [6.07, 6.45) is 0.474. The Morgan fingerprint density at radius 3 is 2.36 bits per heavy atom. The first-order valence-electron chi connectivity index (χ1n) is 8.42. The van der Waals surface area contributed by atoms with Gasteiger partial charge in [0.15, 0.2) is 11.7 Å². The lowest BCUT2D eigenvalue weighted by Crippen LogP contribution is -2.42. The lowest BCUT2D eigenvalue weighted by Gasteiger charge is -2.32. The Balaban J connectivity index is 2.40. The molecule has 1 aliphatic rings. The van der Waals surface area contributed by atoms with Gasteiger partial charge in [-0.25, -0.2) is 0 Å². The van der Waals surface area contributed by atoms with Crippen LogP contribution in [0, 0.1) is 17.8 Å². The zero-order valence-electron chi connectivity index (χ0n) is 14.9. The van der Waals surface area contributed by atoms with Crippen molar-refractivity contribution in [2.45, 2.75) is 39.7 Å². The number of hydrogen-bond acceptors (Lipinski definition) is 5. The Morgan fingerprint density at radius 2 is 1.84 bits per heavy atom. The summed E-state index contributed by atoms with van der Waals surface area (Å²) < 4.78 is 10.5. The van der Waals surface area contributed by atoms with E-state index in [2.05, 4.69) is 0 Å². The van der Waals surface area contributed by atoms with Gasteiger partial charge in [0.1, 0.15) is 5.60 Å². The number of ketones is 1. The molecule has 0 aliphatic carbocycles. The van der Waals surface area contributed by atoms with Crippen LogP contribution in [0.2, 0.25) is 5.02 Å². The number of ether oxygens (including phenoxy) is 2. The Labute approximate surface area is 152 Å². The third kappa shape index (κ3) is 3.87. The van der Waals surface area contributed by atoms with Gasteiger partial charge in [-0.05, 0) is 51.5 Å². The minimum absolute atomic E-state index is 0.134. The number of rotatable bonds is 6. The molecule has 1 fully saturated rings. The monoisotopic (exact) mass is 366 g/mol. The topological polar surface area (TPSA) is 69.7 Å². The average Bonchev–Trinajstić information content (AvgIpc) is 2.78. The summed E-state index contributed by atoms with van der Waals surface area (Å²) in [5.41, 5.74) is -0.439. The third-order valence-corrected chi connectivity index (χ3v) is 4.91. The van der Waals surface area contributed by atoms with Crippen molar-refractivity contribution in [3.63, 3.8) is 0 Å². The molecule has 1 aromatic carbocycles. The standard InChI is InChI=1S/C19H23ClO5/c1-5-13(16(21)11-7-9-12(20)10-8-11)15-14(17(22)24-6-2)18(23)25-19(15,3)4/h7-10,13-15H,5-6H2,1-4H3. The van der Waals surface area contributed by atoms with Crippen LogP contribution in [0.5, 0.6) is 0 Å². The van der Waals surface area contributed by atoms with Gasteiger partial charge >= 0.3 is 11.9 Å². The first kappa shape index (κ1) is 19.4. The molecule has 0 aromatic heterocycles. The van der Waals surface area contributed by atoms with Crippen LogP contribution in [0.4, 0.5) is 0 Å². The molecular formula is C19H23ClO5. The summed E-state index contributed by atoms with van der Waals surface area (Å²) in [4.78, 5) is 37.6. The molecule has 1 aliphatic heterocycles. The number of carbonyl (C=O) groups excluding carboxylic acids is 3. The summed E-state index contributed by atoms with van der Waals surface area (Å²) in [5.74, 6) is -3.62. The highest BCUT2D eigenvalue weighted by molar-refractivity contribution is 6.30. The fourth-order valence-corrected chi connectivity index (χ4v) is 3.69. The van der Waals surface area contributed by atoms with Crippen LogP contribution in [0.1, 0.15) is 44.5 Å². The maximum atomic E-state index is 13.0. The summed E-state index contributed by atoms with van der Waals surface area (Å²) >= 11 is 5.88. The van der Waals surface area contributed by atoms with Gasteiger partial charge in [0, 0.05) is 22.4 Å². The highest BCUT2D eigenvalue weighted by Crippen LogP contribution is 2.44. The van der Waals surface area contributed by atoms with Crippen LogP contribution >= 0.6 is 11.6 Å². The molecule has 3 atom stereocenters. The van der Waals surface area contributed by atoms with E-state index in [1.807, 2.05) is 6.92 Å². The predicted molar refractivity (Wildman–Crippen MR) is 93.3 cm³/mol. The van der Waals surface area contributed by atoms with Crippen molar-refractivity contribution < 1.29 is 23.9 Å². The molecule has 1 saturated heterocycles. The first-order chi connectivity index (χ1) is 11.7. The van der Waals surface area contributed by atoms with Gasteiger partial charge in [-0.2, -0.15) is 0 Å². The number of esters is 2. The zero-order valence-corrected chi connectivity index (χ0v) is 15.6. The third-order valence-electron chi connectivity index (χ3n) is 4.66. The Hall–Kier alpha value is -1.88. The highest BCUT2D eigenvalue weighted by Gasteiger charge is 2.58. The summed E-state index contributed by atoms with van der Waals surface area (Å²) in [5, 5.41) is 0.536. The van der Waals surface area contributed by atoms with Gasteiger partial charge in [-0.1, -0.05) is 18.5 Å². The second kappa shape index (κ2) is 7.56. The summed E-state index contributed by atoms with van der Waals surface area (Å²) in [6, 6.07) is 6.59. The molecule has 0 radical (unpaired) electrons. The van der Waals surface area contributed by atoms with Crippen molar-refractivity contribution in [3.8, 4) is 0 Å². The van der Waals surface area contributed by atoms with Crippen LogP contribution in [0.15, 0.2) is 24.3 Å². The number of cyclic esters (lactones) is 1. The minimum atomic E-state index is -1.09. The molecule has 1 aromatic rings. The quantitative estimate of drug-likeness (QED) is 0.436. The summed E-state index contributed by atoms with van der Waals surface area (Å²) in [6.45, 7) is 7.16. The van der Waals surface area contributed by atoms with Crippen LogP contribution in [-0.4, -0.2) is 29.9 Å². The van der Waals surface area contributed by atoms with E-state index >= 15 is 0 Å². The van der Waals surface area contributed by atoms with Crippen LogP contribution in [0.3, 0.4) is 0 Å². The number of benzene rings is 1. The van der Waals surface area contributed by atoms with E-state index in [4.69, 9.17) is 21.1 Å². The van der Waals surface area contributed by atoms with Gasteiger partial charge in [-0.3, -0.25) is 14.4 Å². The highest BCUT2D eigenvalue weighted by atomic mass is 35.5. The van der Waals surface area contributed by atoms with Gasteiger partial charge in [0.05, 0.1) is 6.61 Å². The lowest BCUT2D eigenvalue weighted by molar-refractivity contribution is -0.157. The minimum Gasteiger partial charge on any atom is -0.465 e. The van der Waals surface area contributed by atoms with E-state index in [1.165, 1.54) is 0 Å². The summed E-state index contributed by atoms with van der Waals surface area (Å²) in [7, 11) is 0. The van der Waals surface area contributed by atoms with Crippen molar-refractivity contribution in [1.29, 1.82) is 0 Å². The Bertz CT molecular complexity index is 665. The van der Waals surface area contributed by atoms with E-state index in [0.29, 0.717) is 17.0 Å². The van der Waals surface area contributed by atoms with Crippen molar-refractivity contribution >= 4 is 29.3 Å². The Morgan fingerprint density at radius 1 is 1.24 bits per heavy atom. The van der Waals surface area contributed by atoms with Crippen LogP contribution in [-0.2, 0) is 19.1 Å². The lowest BCUT2D eigenvalue weighted by atomic mass is 9.70. The van der Waals surface area contributed by atoms with Crippen LogP contribution < -0.4 is 0 Å². The average molecular weight is 367 g/mol. The number of halogens is 1. The number of hydrogen-bond donors (Lipinski definition) is 0. The molecule has 25 heavy (non-hydrogen) atoms. The second-order valence-electron chi connectivity index (χ2n) is 6.67. The van der Waals surface area contributed by atoms with Crippen molar-refractivity contribution in [3.05, 3.63) is 34.9 Å². The van der Waals surface area contributed by atoms with E-state index in [1.54, 1.807) is 45.0 Å². The smallest absolute Gasteiger partial charge is 0.321 e. The van der Waals surface area contributed by atoms with Gasteiger partial charge in [0.25, 0.3) is 0 Å². The van der Waals surface area contributed by atoms with Gasteiger partial charge < -0.3 is 9.47 Å². The molecule has 5 nitrogen and oxygen atoms in total. The number of carbonyl (C=O) groups is 3. The van der Waals surface area contributed by atoms with E-state index in [-0.39, 0.29) is 12.4 Å². The molecule has 0 amide bonds. The van der Waals surface area contributed by atoms with Crippen molar-refractivity contribution in [2.75, 3.05) is 6.61 Å². The van der Waals surface area contributed by atoms with E-state index < -0.39 is 35.3 Å². The van der Waals surface area contributed by atoms with Gasteiger partial charge in [0.2, 0.25) is 0 Å². The largest absolute Gasteiger partial charge is 0.465 e. The molecule has 0 bridgehead atoms. The molecule has 1 heterocycles. The normalized spacial score (nSPS) is 23.0. The van der Waals surface area contributed by atoms with E-state index in [0.717, 1.165) is 0 Å². The maximum absolute atomic E-state index is 13.0. The maximum Gasteiger partial charge on any atom is 0.321 e. The first-order valence-corrected chi connectivity index (χ1v) is 8.80. The molecule has 136 valence electrons. The van der Waals surface area contributed by atoms with Crippen molar-refractivity contribution in [1.82, 2.24) is 0 Å². The molecule has 3 unspecified atom stereocenters. The molecule has 0 saturated carbocycles. The van der Waals surface area contributed by atoms with E-state index in [9.17, 15) is 14.4 Å². The fourth-order valence-electron chi connectivity index (χ4n) is 3.56. The van der Waals surface area contributed by atoms with Crippen molar-refractivity contribution in [2.24, 2.45) is 17.8 Å². The zero-order chi connectivity index (χ0) is 18.8. The second-order valence-corrected chi connectivity index (χ2v) is 7.10. The fraction of sp³-hybridized carbons (Fsp3) is 0.526. The SMILES string of the molecule is CCOC(=O)C1C(=O)OC(C)(C)C1C(CC)C(=O)c1ccc(Cl)cc1. The molecule has 0 spiro atoms. The van der Waals surface area contributed by atoms with Crippen LogP contribution in [0.25, 0.3) is 0 Å². The Kier molecular flexibility index (Phi) is 5.88. The number of Topliss-reactive ketones (excluding diaryl/α,β-unsaturated/α-hetero) is 1. The molecule has 0 N–H and O–H groups in total. The van der Waals surface area contributed by atoms with Gasteiger partial charge in [-0.15, -0.1) is 0 Å². The molecular weight excluding hydrogens is 344 g/mol.